The first kappa shape index (κ1) is 8.44. The predicted octanol–water partition coefficient (Wildman–Crippen LogP) is 1.82. The van der Waals surface area contributed by atoms with E-state index in [1.54, 1.807) is 34.7 Å². The maximum absolute atomic E-state index is 13.2. The van der Waals surface area contributed by atoms with E-state index >= 15 is 0 Å². The lowest BCUT2D eigenvalue weighted by atomic mass is 10.3. The van der Waals surface area contributed by atoms with Crippen LogP contribution in [0.3, 0.4) is 0 Å². The monoisotopic (exact) mass is 197 g/mol. The molecule has 1 atom stereocenters. The van der Waals surface area contributed by atoms with E-state index in [0.717, 1.165) is 0 Å². The third-order valence-electron chi connectivity index (χ3n) is 1.82. The molecule has 13 heavy (non-hydrogen) atoms. The highest BCUT2D eigenvalue weighted by molar-refractivity contribution is 7.88. The van der Waals surface area contributed by atoms with Crippen LogP contribution < -0.4 is 4.90 Å². The van der Waals surface area contributed by atoms with Crippen LogP contribution in [0.5, 0.6) is 0 Å². The summed E-state index contributed by atoms with van der Waals surface area (Å²) in [6, 6.07) is 6.45. The Hall–Kier alpha value is -1.16. The van der Waals surface area contributed by atoms with E-state index in [2.05, 4.69) is 0 Å². The highest BCUT2D eigenvalue weighted by Gasteiger charge is 2.14. The van der Waals surface area contributed by atoms with Gasteiger partial charge in [-0.05, 0) is 12.1 Å². The summed E-state index contributed by atoms with van der Waals surface area (Å²) in [6.45, 7) is 0. The molecule has 1 heterocycles. The Morgan fingerprint density at radius 1 is 1.38 bits per heavy atom. The van der Waals surface area contributed by atoms with Crippen LogP contribution in [0.2, 0.25) is 0 Å². The molecule has 0 saturated heterocycles. The second kappa shape index (κ2) is 3.30. The largest absolute Gasteiger partial charge is 0.332 e. The minimum Gasteiger partial charge on any atom is -0.332 e. The molecular formula is C9H8FNOS. The van der Waals surface area contributed by atoms with E-state index in [0.29, 0.717) is 11.6 Å². The lowest BCUT2D eigenvalue weighted by molar-refractivity contribution is 0.627. The summed E-state index contributed by atoms with van der Waals surface area (Å²) in [5.74, 6) is 0.0621. The van der Waals surface area contributed by atoms with Gasteiger partial charge in [0.1, 0.15) is 11.7 Å². The topological polar surface area (TPSA) is 20.3 Å². The molecule has 0 N–H and O–H groups in total. The van der Waals surface area contributed by atoms with Crippen molar-refractivity contribution in [3.8, 4) is 0 Å². The van der Waals surface area contributed by atoms with Gasteiger partial charge in [0, 0.05) is 11.6 Å². The fourth-order valence-electron chi connectivity index (χ4n) is 1.20. The Morgan fingerprint density at radius 2 is 2.15 bits per heavy atom. The number of rotatable bonds is 1. The number of para-hydroxylation sites is 1. The van der Waals surface area contributed by atoms with Crippen LogP contribution in [0.1, 0.15) is 0 Å². The lowest BCUT2D eigenvalue weighted by Gasteiger charge is -2.14. The van der Waals surface area contributed by atoms with E-state index < -0.39 is 10.8 Å². The van der Waals surface area contributed by atoms with Crippen molar-refractivity contribution in [1.29, 1.82) is 0 Å². The summed E-state index contributed by atoms with van der Waals surface area (Å²) in [5, 5.41) is 1.56. The Bertz CT molecular complexity index is 378. The quantitative estimate of drug-likeness (QED) is 0.684. The van der Waals surface area contributed by atoms with Crippen molar-refractivity contribution in [1.82, 2.24) is 0 Å². The fraction of sp³-hybridized carbons (Fsp3) is 0.111. The molecule has 0 aromatic heterocycles. The van der Waals surface area contributed by atoms with Crippen LogP contribution in [0.4, 0.5) is 10.1 Å². The van der Waals surface area contributed by atoms with Gasteiger partial charge >= 0.3 is 0 Å². The average molecular weight is 197 g/mol. The maximum Gasteiger partial charge on any atom is 0.146 e. The second-order valence-electron chi connectivity index (χ2n) is 2.72. The van der Waals surface area contributed by atoms with Crippen LogP contribution in [0, 0.1) is 5.82 Å². The molecule has 1 aliphatic rings. The number of halogens is 1. The van der Waals surface area contributed by atoms with E-state index in [1.165, 1.54) is 6.07 Å². The molecule has 4 heteroatoms. The Labute approximate surface area is 78.1 Å². The zero-order chi connectivity index (χ0) is 9.26. The maximum atomic E-state index is 13.2. The number of hydrogen-bond acceptors (Lipinski definition) is 2. The van der Waals surface area contributed by atoms with E-state index in [4.69, 9.17) is 0 Å². The van der Waals surface area contributed by atoms with Crippen molar-refractivity contribution in [2.45, 2.75) is 0 Å². The van der Waals surface area contributed by atoms with Crippen molar-refractivity contribution >= 4 is 16.5 Å². The average Bonchev–Trinajstić information content (AvgIpc) is 2.53. The SMILES string of the molecule is O=S1C=CN(c2ccccc2F)C1. The Kier molecular flexibility index (Phi) is 2.14. The van der Waals surface area contributed by atoms with Crippen molar-refractivity contribution in [3.63, 3.8) is 0 Å². The van der Waals surface area contributed by atoms with Gasteiger partial charge in [0.15, 0.2) is 0 Å². The first-order valence-electron chi connectivity index (χ1n) is 3.84. The summed E-state index contributed by atoms with van der Waals surface area (Å²) in [4.78, 5) is 1.64. The van der Waals surface area contributed by atoms with Gasteiger partial charge in [-0.25, -0.2) is 4.39 Å². The highest BCUT2D eigenvalue weighted by atomic mass is 32.2. The van der Waals surface area contributed by atoms with Gasteiger partial charge in [0.25, 0.3) is 0 Å². The summed E-state index contributed by atoms with van der Waals surface area (Å²) in [5.41, 5.74) is 0.476. The van der Waals surface area contributed by atoms with E-state index in [1.807, 2.05) is 0 Å². The molecule has 0 bridgehead atoms. The third-order valence-corrected chi connectivity index (χ3v) is 2.78. The predicted molar refractivity (Wildman–Crippen MR) is 51.0 cm³/mol. The van der Waals surface area contributed by atoms with Crippen molar-refractivity contribution in [2.24, 2.45) is 0 Å². The number of anilines is 1. The molecule has 1 aliphatic heterocycles. The summed E-state index contributed by atoms with van der Waals surface area (Å²) < 4.78 is 24.2. The van der Waals surface area contributed by atoms with Crippen LogP contribution in [-0.2, 0) is 10.8 Å². The third kappa shape index (κ3) is 1.62. The first-order valence-corrected chi connectivity index (χ1v) is 5.22. The fourth-order valence-corrected chi connectivity index (χ4v) is 2.07. The summed E-state index contributed by atoms with van der Waals surface area (Å²) in [6.07, 6.45) is 1.65. The van der Waals surface area contributed by atoms with Crippen molar-refractivity contribution in [2.75, 3.05) is 10.8 Å². The van der Waals surface area contributed by atoms with Gasteiger partial charge in [-0.2, -0.15) is 0 Å². The van der Waals surface area contributed by atoms with Crippen molar-refractivity contribution < 1.29 is 8.60 Å². The van der Waals surface area contributed by atoms with Gasteiger partial charge in [0.2, 0.25) is 0 Å². The molecule has 1 unspecified atom stereocenters. The smallest absolute Gasteiger partial charge is 0.146 e. The number of hydrogen-bond donors (Lipinski definition) is 0. The summed E-state index contributed by atoms with van der Waals surface area (Å²) >= 11 is 0. The lowest BCUT2D eigenvalue weighted by Crippen LogP contribution is -2.15. The Morgan fingerprint density at radius 3 is 2.77 bits per heavy atom. The van der Waals surface area contributed by atoms with Gasteiger partial charge < -0.3 is 4.90 Å². The van der Waals surface area contributed by atoms with Gasteiger partial charge in [-0.1, -0.05) is 12.1 Å². The van der Waals surface area contributed by atoms with Gasteiger partial charge in [0.05, 0.1) is 16.5 Å². The Balaban J connectivity index is 2.32. The second-order valence-corrected chi connectivity index (χ2v) is 4.01. The van der Waals surface area contributed by atoms with Crippen LogP contribution >= 0.6 is 0 Å². The zero-order valence-electron chi connectivity index (χ0n) is 6.81. The molecule has 0 spiro atoms. The standard InChI is InChI=1S/C9H8FNOS/c10-8-3-1-2-4-9(8)11-5-6-13(12)7-11/h1-6H,7H2. The zero-order valence-corrected chi connectivity index (χ0v) is 7.63. The van der Waals surface area contributed by atoms with Crippen LogP contribution in [-0.4, -0.2) is 10.1 Å². The highest BCUT2D eigenvalue weighted by Crippen LogP contribution is 2.21. The molecule has 1 aromatic carbocycles. The van der Waals surface area contributed by atoms with Crippen LogP contribution in [0.15, 0.2) is 35.9 Å². The van der Waals surface area contributed by atoms with Gasteiger partial charge in [-0.3, -0.25) is 4.21 Å². The van der Waals surface area contributed by atoms with E-state index in [9.17, 15) is 8.60 Å². The molecular weight excluding hydrogens is 189 g/mol. The van der Waals surface area contributed by atoms with Gasteiger partial charge in [-0.15, -0.1) is 0 Å². The molecule has 0 fully saturated rings. The molecule has 2 rings (SSSR count). The molecule has 0 amide bonds. The molecule has 68 valence electrons. The van der Waals surface area contributed by atoms with Crippen molar-refractivity contribution in [3.05, 3.63) is 41.7 Å². The first-order chi connectivity index (χ1) is 6.27. The normalized spacial score (nSPS) is 21.0. The number of benzene rings is 1. The molecule has 0 radical (unpaired) electrons. The minimum absolute atomic E-state index is 0.286. The molecule has 0 saturated carbocycles. The minimum atomic E-state index is -0.983. The number of nitrogens with zero attached hydrogens (tertiary/aromatic N) is 1. The molecule has 0 aliphatic carbocycles. The van der Waals surface area contributed by atoms with E-state index in [-0.39, 0.29) is 5.82 Å². The summed E-state index contributed by atoms with van der Waals surface area (Å²) in [7, 11) is -0.983. The molecule has 2 nitrogen and oxygen atoms in total. The van der Waals surface area contributed by atoms with Crippen LogP contribution in [0.25, 0.3) is 0 Å². The molecule has 1 aromatic rings.